The van der Waals surface area contributed by atoms with Crippen LogP contribution in [0.1, 0.15) is 67.7 Å². The number of rotatable bonds is 3. The van der Waals surface area contributed by atoms with Gasteiger partial charge in [0.1, 0.15) is 0 Å². The monoisotopic (exact) mass is 439 g/mol. The number of hydrogen-bond acceptors (Lipinski definition) is 2. The largest absolute Gasteiger partial charge is 0.255 e. The van der Waals surface area contributed by atoms with Gasteiger partial charge in [0.05, 0.1) is 10.4 Å². The predicted octanol–water partition coefficient (Wildman–Crippen LogP) is 9.24. The van der Waals surface area contributed by atoms with Gasteiger partial charge in [-0.25, -0.2) is 0 Å². The van der Waals surface area contributed by atoms with Gasteiger partial charge in [-0.1, -0.05) is 55.3 Å². The average molecular weight is 440 g/mol. The van der Waals surface area contributed by atoms with Crippen LogP contribution in [0.4, 0.5) is 0 Å². The topological polar surface area (TPSA) is 12.9 Å². The summed E-state index contributed by atoms with van der Waals surface area (Å²) < 4.78 is 1.29. The number of thiophene rings is 1. The lowest BCUT2D eigenvalue weighted by molar-refractivity contribution is 0.224. The van der Waals surface area contributed by atoms with Crippen molar-refractivity contribution < 1.29 is 0 Å². The van der Waals surface area contributed by atoms with Crippen LogP contribution in [0, 0.1) is 26.2 Å². The van der Waals surface area contributed by atoms with E-state index in [4.69, 9.17) is 4.98 Å². The Morgan fingerprint density at radius 3 is 2.16 bits per heavy atom. The summed E-state index contributed by atoms with van der Waals surface area (Å²) in [5, 5.41) is 1.33. The molecule has 2 aromatic heterocycles. The summed E-state index contributed by atoms with van der Waals surface area (Å²) >= 11 is 1.89. The molecule has 0 N–H and O–H groups in total. The van der Waals surface area contributed by atoms with E-state index in [1.807, 2.05) is 17.5 Å². The van der Waals surface area contributed by atoms with Gasteiger partial charge < -0.3 is 0 Å². The van der Waals surface area contributed by atoms with Crippen LogP contribution in [-0.4, -0.2) is 4.98 Å². The average Bonchev–Trinajstić information content (AvgIpc) is 3.10. The van der Waals surface area contributed by atoms with E-state index in [1.54, 1.807) is 0 Å². The molecule has 32 heavy (non-hydrogen) atoms. The summed E-state index contributed by atoms with van der Waals surface area (Å²) in [6.07, 6.45) is 7.27. The third-order valence-corrected chi connectivity index (χ3v) is 8.70. The quantitative estimate of drug-likeness (QED) is 0.310. The summed E-state index contributed by atoms with van der Waals surface area (Å²) in [5.41, 5.74) is 9.63. The Morgan fingerprint density at radius 2 is 1.50 bits per heavy atom. The van der Waals surface area contributed by atoms with Gasteiger partial charge in [-0.05, 0) is 98.1 Å². The van der Waals surface area contributed by atoms with Gasteiger partial charge in [0, 0.05) is 16.6 Å². The first-order valence-electron chi connectivity index (χ1n) is 11.9. The minimum absolute atomic E-state index is 0.520. The van der Waals surface area contributed by atoms with E-state index in [0.717, 1.165) is 11.6 Å². The van der Waals surface area contributed by atoms with Crippen LogP contribution in [0.25, 0.3) is 31.8 Å². The van der Waals surface area contributed by atoms with E-state index in [2.05, 4.69) is 83.1 Å². The lowest BCUT2D eigenvalue weighted by Crippen LogP contribution is -2.20. The van der Waals surface area contributed by atoms with Crippen LogP contribution in [0.3, 0.4) is 0 Å². The highest BCUT2D eigenvalue weighted by molar-refractivity contribution is 7.23. The van der Waals surface area contributed by atoms with Crippen molar-refractivity contribution in [3.8, 4) is 21.7 Å². The maximum absolute atomic E-state index is 4.80. The van der Waals surface area contributed by atoms with Crippen molar-refractivity contribution >= 4 is 21.4 Å². The molecule has 0 radical (unpaired) electrons. The zero-order valence-electron chi connectivity index (χ0n) is 20.0. The Labute approximate surface area is 196 Å². The van der Waals surface area contributed by atoms with E-state index in [1.165, 1.54) is 74.0 Å². The number of pyridine rings is 1. The molecular weight excluding hydrogens is 406 g/mol. The molecule has 0 atom stereocenters. The Kier molecular flexibility index (Phi) is 5.45. The smallest absolute Gasteiger partial charge is 0.0880 e. The molecule has 164 valence electrons. The Hall–Kier alpha value is -2.45. The summed E-state index contributed by atoms with van der Waals surface area (Å²) in [6.45, 7) is 11.4. The number of nitrogens with zero attached hydrogens (tertiary/aromatic N) is 1. The van der Waals surface area contributed by atoms with Crippen molar-refractivity contribution in [1.29, 1.82) is 0 Å². The molecule has 1 fully saturated rings. The first-order chi connectivity index (χ1) is 15.3. The minimum atomic E-state index is 0.520. The molecule has 1 saturated carbocycles. The van der Waals surface area contributed by atoms with E-state index in [9.17, 15) is 0 Å². The molecule has 5 rings (SSSR count). The van der Waals surface area contributed by atoms with Crippen LogP contribution in [0.15, 0.2) is 54.7 Å². The second kappa shape index (κ2) is 8.15. The fraction of sp³-hybridized carbons (Fsp3) is 0.367. The molecule has 0 spiro atoms. The van der Waals surface area contributed by atoms with Crippen LogP contribution in [-0.2, 0) is 0 Å². The van der Waals surface area contributed by atoms with Gasteiger partial charge in [0.2, 0.25) is 0 Å². The molecule has 1 aliphatic rings. The molecule has 1 aliphatic carbocycles. The highest BCUT2D eigenvalue weighted by Crippen LogP contribution is 2.44. The van der Waals surface area contributed by atoms with E-state index in [0.29, 0.717) is 5.41 Å². The van der Waals surface area contributed by atoms with Crippen LogP contribution in [0.2, 0.25) is 0 Å². The maximum atomic E-state index is 4.80. The fourth-order valence-corrected chi connectivity index (χ4v) is 6.70. The number of fused-ring (bicyclic) bond motifs is 1. The van der Waals surface area contributed by atoms with E-state index < -0.39 is 0 Å². The first-order valence-corrected chi connectivity index (χ1v) is 12.7. The summed E-state index contributed by atoms with van der Waals surface area (Å²) in [7, 11) is 0. The highest BCUT2D eigenvalue weighted by Gasteiger charge is 2.27. The van der Waals surface area contributed by atoms with Crippen LogP contribution >= 0.6 is 11.3 Å². The van der Waals surface area contributed by atoms with Crippen molar-refractivity contribution in [2.45, 2.75) is 66.2 Å². The molecule has 0 bridgehead atoms. The second-order valence-corrected chi connectivity index (χ2v) is 11.5. The predicted molar refractivity (Wildman–Crippen MR) is 140 cm³/mol. The number of hydrogen-bond donors (Lipinski definition) is 0. The number of benzene rings is 2. The summed E-state index contributed by atoms with van der Waals surface area (Å²) in [4.78, 5) is 6.18. The van der Waals surface area contributed by atoms with Crippen LogP contribution in [0.5, 0.6) is 0 Å². The Bertz CT molecular complexity index is 1250. The fourth-order valence-electron chi connectivity index (χ4n) is 5.38. The molecule has 0 unspecified atom stereocenters. The van der Waals surface area contributed by atoms with Gasteiger partial charge >= 0.3 is 0 Å². The maximum Gasteiger partial charge on any atom is 0.0880 e. The lowest BCUT2D eigenvalue weighted by Gasteiger charge is -2.34. The molecule has 0 amide bonds. The molecule has 2 heterocycles. The van der Waals surface area contributed by atoms with Crippen molar-refractivity contribution in [2.24, 2.45) is 5.41 Å². The standard InChI is InChI=1S/C30H33NS/c1-19-16-20(2)18-25(17-19)27-29-26(12-15-31-27)21(3)28(32-29)24-8-6-22(7-9-24)23-10-13-30(4,5)14-11-23/h6-9,12,15-18,23H,10-11,13-14H2,1-5H3. The van der Waals surface area contributed by atoms with Crippen molar-refractivity contribution in [1.82, 2.24) is 4.98 Å². The van der Waals surface area contributed by atoms with Gasteiger partial charge in [-0.3, -0.25) is 4.98 Å². The van der Waals surface area contributed by atoms with Crippen LogP contribution < -0.4 is 0 Å². The third kappa shape index (κ3) is 4.01. The van der Waals surface area contributed by atoms with E-state index >= 15 is 0 Å². The molecule has 0 aliphatic heterocycles. The number of aryl methyl sites for hydroxylation is 3. The van der Waals surface area contributed by atoms with Gasteiger partial charge in [0.25, 0.3) is 0 Å². The Balaban J connectivity index is 1.51. The second-order valence-electron chi connectivity index (χ2n) is 10.5. The van der Waals surface area contributed by atoms with Gasteiger partial charge in [-0.2, -0.15) is 0 Å². The first kappa shape index (κ1) is 21.4. The third-order valence-electron chi connectivity index (χ3n) is 7.33. The number of aromatic nitrogens is 1. The van der Waals surface area contributed by atoms with E-state index in [-0.39, 0.29) is 0 Å². The lowest BCUT2D eigenvalue weighted by atomic mass is 9.71. The molecular formula is C30H33NS. The van der Waals surface area contributed by atoms with Crippen molar-refractivity contribution in [3.63, 3.8) is 0 Å². The zero-order valence-corrected chi connectivity index (χ0v) is 20.8. The molecule has 4 aromatic rings. The molecule has 1 nitrogen and oxygen atoms in total. The minimum Gasteiger partial charge on any atom is -0.255 e. The molecule has 2 aromatic carbocycles. The highest BCUT2D eigenvalue weighted by atomic mass is 32.1. The molecule has 2 heteroatoms. The van der Waals surface area contributed by atoms with Gasteiger partial charge in [-0.15, -0.1) is 11.3 Å². The normalized spacial score (nSPS) is 16.5. The van der Waals surface area contributed by atoms with Crippen molar-refractivity contribution in [3.05, 3.63) is 77.0 Å². The van der Waals surface area contributed by atoms with Crippen molar-refractivity contribution in [2.75, 3.05) is 0 Å². The Morgan fingerprint density at radius 1 is 0.844 bits per heavy atom. The van der Waals surface area contributed by atoms with Gasteiger partial charge in [0.15, 0.2) is 0 Å². The SMILES string of the molecule is Cc1cc(C)cc(-c2nccc3c(C)c(-c4ccc(C5CCC(C)(C)CC5)cc4)sc23)c1. The summed E-state index contributed by atoms with van der Waals surface area (Å²) in [6, 6.07) is 18.4. The summed E-state index contributed by atoms with van der Waals surface area (Å²) in [5.74, 6) is 0.723. The zero-order chi connectivity index (χ0) is 22.5. The molecule has 0 saturated heterocycles.